The van der Waals surface area contributed by atoms with Crippen LogP contribution in [0.5, 0.6) is 0 Å². The summed E-state index contributed by atoms with van der Waals surface area (Å²) in [5.41, 5.74) is 1.43. The number of fused-ring (bicyclic) bond motifs is 1. The molecular weight excluding hydrogens is 413 g/mol. The van der Waals surface area contributed by atoms with Crippen LogP contribution in [-0.4, -0.2) is 40.8 Å². The number of aliphatic hydroxyl groups is 1. The zero-order valence-corrected chi connectivity index (χ0v) is 16.8. The molecule has 1 saturated carbocycles. The van der Waals surface area contributed by atoms with Gasteiger partial charge in [0.05, 0.1) is 18.1 Å². The van der Waals surface area contributed by atoms with E-state index in [2.05, 4.69) is 19.5 Å². The van der Waals surface area contributed by atoms with Crippen molar-refractivity contribution in [3.05, 3.63) is 54.2 Å². The molecule has 11 heteroatoms. The molecule has 160 valence electrons. The summed E-state index contributed by atoms with van der Waals surface area (Å²) >= 11 is 0. The Morgan fingerprint density at radius 1 is 1.27 bits per heavy atom. The van der Waals surface area contributed by atoms with Gasteiger partial charge in [-0.15, -0.1) is 0 Å². The predicted octanol–water partition coefficient (Wildman–Crippen LogP) is 1.71. The van der Waals surface area contributed by atoms with Gasteiger partial charge in [-0.3, -0.25) is 4.18 Å². The van der Waals surface area contributed by atoms with Gasteiger partial charge < -0.3 is 15.0 Å². The maximum absolute atomic E-state index is 14.8. The number of aromatic nitrogens is 3. The smallest absolute Gasteiger partial charge is 0.333 e. The van der Waals surface area contributed by atoms with Crippen LogP contribution in [0.1, 0.15) is 24.4 Å². The zero-order chi connectivity index (χ0) is 21.3. The maximum atomic E-state index is 14.8. The number of halogens is 1. The van der Waals surface area contributed by atoms with Crippen molar-refractivity contribution in [2.75, 3.05) is 11.9 Å². The summed E-state index contributed by atoms with van der Waals surface area (Å²) in [6.45, 7) is 0.254. The highest BCUT2D eigenvalue weighted by atomic mass is 32.2. The molecule has 3 atom stereocenters. The molecule has 1 fully saturated rings. The summed E-state index contributed by atoms with van der Waals surface area (Å²) in [5, 5.41) is 18.6. The van der Waals surface area contributed by atoms with E-state index in [0.717, 1.165) is 5.56 Å². The van der Waals surface area contributed by atoms with Crippen molar-refractivity contribution in [1.29, 1.82) is 0 Å². The highest BCUT2D eigenvalue weighted by molar-refractivity contribution is 7.84. The first-order valence-electron chi connectivity index (χ1n) is 9.46. The molecule has 30 heavy (non-hydrogen) atoms. The molecule has 4 N–H and O–H groups in total. The minimum Gasteiger partial charge on any atom is -0.393 e. The average Bonchev–Trinajstić information content (AvgIpc) is 3.25. The molecule has 0 spiro atoms. The molecule has 1 aliphatic rings. The molecule has 2 heterocycles. The molecule has 0 bridgehead atoms. The summed E-state index contributed by atoms with van der Waals surface area (Å²) in [7, 11) is -4.09. The molecule has 4 rings (SSSR count). The van der Waals surface area contributed by atoms with E-state index in [1.54, 1.807) is 4.57 Å². The Hall–Kier alpha value is -2.60. The largest absolute Gasteiger partial charge is 0.393 e. The highest BCUT2D eigenvalue weighted by Gasteiger charge is 2.36. The van der Waals surface area contributed by atoms with Crippen LogP contribution in [0.25, 0.3) is 11.0 Å². The lowest BCUT2D eigenvalue weighted by Gasteiger charge is -2.14. The van der Waals surface area contributed by atoms with Gasteiger partial charge in [-0.25, -0.2) is 19.5 Å². The second-order valence-electron chi connectivity index (χ2n) is 7.37. The van der Waals surface area contributed by atoms with Gasteiger partial charge in [-0.1, -0.05) is 30.3 Å². The van der Waals surface area contributed by atoms with Gasteiger partial charge in [0.25, 0.3) is 0 Å². The van der Waals surface area contributed by atoms with Crippen molar-refractivity contribution in [2.24, 2.45) is 11.1 Å². The molecular formula is C19H22FN5O4S. The third-order valence-corrected chi connectivity index (χ3v) is 5.80. The Morgan fingerprint density at radius 3 is 2.77 bits per heavy atom. The number of nitrogens with zero attached hydrogens (tertiary/aromatic N) is 3. The number of nitrogens with two attached hydrogens (primary N) is 1. The van der Waals surface area contributed by atoms with Gasteiger partial charge in [0.15, 0.2) is 5.82 Å². The first-order chi connectivity index (χ1) is 14.3. The van der Waals surface area contributed by atoms with E-state index in [4.69, 9.17) is 5.14 Å². The Kier molecular flexibility index (Phi) is 5.69. The first kappa shape index (κ1) is 20.7. The lowest BCUT2D eigenvalue weighted by Crippen LogP contribution is -2.24. The number of nitrogens with one attached hydrogen (secondary N) is 1. The van der Waals surface area contributed by atoms with E-state index >= 15 is 0 Å². The van der Waals surface area contributed by atoms with Gasteiger partial charge in [0.1, 0.15) is 17.8 Å². The van der Waals surface area contributed by atoms with Gasteiger partial charge >= 0.3 is 10.3 Å². The Balaban J connectivity index is 1.56. The first-order valence-corrected chi connectivity index (χ1v) is 10.9. The second kappa shape index (κ2) is 8.26. The standard InChI is InChI=1S/C19H22FN5O4S/c20-15-9-25(14-6-13(16(26)7-14)10-29-30(21,27)28)19-17(15)18(23-11-24-19)22-8-12-4-2-1-3-5-12/h1-5,9,11,13-14,16,26H,6-8,10H2,(H2,21,27,28)(H,22,23,24)/t13-,14+,16?/m0/s1. The Morgan fingerprint density at radius 2 is 2.03 bits per heavy atom. The number of rotatable bonds is 7. The third-order valence-electron chi connectivity index (χ3n) is 5.34. The Labute approximate surface area is 173 Å². The van der Waals surface area contributed by atoms with Gasteiger partial charge in [0.2, 0.25) is 0 Å². The molecule has 1 aliphatic carbocycles. The van der Waals surface area contributed by atoms with E-state index in [0.29, 0.717) is 30.9 Å². The zero-order valence-electron chi connectivity index (χ0n) is 16.0. The minimum atomic E-state index is -4.09. The molecule has 2 aromatic heterocycles. The molecule has 9 nitrogen and oxygen atoms in total. The fraction of sp³-hybridized carbons (Fsp3) is 0.368. The van der Waals surface area contributed by atoms with Gasteiger partial charge in [0, 0.05) is 24.7 Å². The van der Waals surface area contributed by atoms with Crippen LogP contribution >= 0.6 is 0 Å². The van der Waals surface area contributed by atoms with Crippen LogP contribution in [0, 0.1) is 11.7 Å². The maximum Gasteiger partial charge on any atom is 0.333 e. The summed E-state index contributed by atoms with van der Waals surface area (Å²) in [4.78, 5) is 8.42. The molecule has 1 unspecified atom stereocenters. The van der Waals surface area contributed by atoms with Crippen LogP contribution in [0.15, 0.2) is 42.9 Å². The lowest BCUT2D eigenvalue weighted by molar-refractivity contribution is 0.100. The molecule has 0 amide bonds. The predicted molar refractivity (Wildman–Crippen MR) is 108 cm³/mol. The molecule has 0 aliphatic heterocycles. The van der Waals surface area contributed by atoms with Crippen LogP contribution in [0.3, 0.4) is 0 Å². The summed E-state index contributed by atoms with van der Waals surface area (Å²) in [5.74, 6) is -0.529. The minimum absolute atomic E-state index is 0.225. The quantitative estimate of drug-likeness (QED) is 0.515. The summed E-state index contributed by atoms with van der Waals surface area (Å²) < 4.78 is 43.2. The highest BCUT2D eigenvalue weighted by Crippen LogP contribution is 2.38. The van der Waals surface area contributed by atoms with Gasteiger partial charge in [-0.05, 0) is 18.4 Å². The van der Waals surface area contributed by atoms with E-state index in [-0.39, 0.29) is 18.0 Å². The number of aliphatic hydroxyl groups excluding tert-OH is 1. The number of anilines is 1. The molecule has 3 aromatic rings. The van der Waals surface area contributed by atoms with E-state index in [1.165, 1.54) is 12.5 Å². The van der Waals surface area contributed by atoms with Crippen molar-refractivity contribution >= 4 is 27.2 Å². The van der Waals surface area contributed by atoms with Crippen LogP contribution in [0.4, 0.5) is 10.2 Å². The van der Waals surface area contributed by atoms with Gasteiger partial charge in [-0.2, -0.15) is 8.42 Å². The number of hydrogen-bond acceptors (Lipinski definition) is 7. The van der Waals surface area contributed by atoms with Crippen molar-refractivity contribution < 1.29 is 22.1 Å². The average molecular weight is 435 g/mol. The van der Waals surface area contributed by atoms with Crippen molar-refractivity contribution in [1.82, 2.24) is 14.5 Å². The SMILES string of the molecule is NS(=O)(=O)OC[C@@H]1C[C@@H](n2cc(F)c3c(NCc4ccccc4)ncnc32)CC1O. The molecule has 1 aromatic carbocycles. The topological polar surface area (TPSA) is 132 Å². The lowest BCUT2D eigenvalue weighted by atomic mass is 10.1. The molecule has 0 radical (unpaired) electrons. The number of hydrogen-bond donors (Lipinski definition) is 3. The van der Waals surface area contributed by atoms with Crippen molar-refractivity contribution in [3.63, 3.8) is 0 Å². The monoisotopic (exact) mass is 435 g/mol. The van der Waals surface area contributed by atoms with Crippen LogP contribution < -0.4 is 10.5 Å². The molecule has 0 saturated heterocycles. The van der Waals surface area contributed by atoms with E-state index in [1.807, 2.05) is 30.3 Å². The van der Waals surface area contributed by atoms with Crippen LogP contribution in [-0.2, 0) is 21.0 Å². The summed E-state index contributed by atoms with van der Waals surface area (Å²) in [6, 6.07) is 9.41. The summed E-state index contributed by atoms with van der Waals surface area (Å²) in [6.07, 6.45) is 2.62. The van der Waals surface area contributed by atoms with Crippen molar-refractivity contribution in [2.45, 2.75) is 31.5 Å². The fourth-order valence-electron chi connectivity index (χ4n) is 3.90. The van der Waals surface area contributed by atoms with E-state index < -0.39 is 28.1 Å². The normalized spacial score (nSPS) is 21.9. The van der Waals surface area contributed by atoms with Crippen molar-refractivity contribution in [3.8, 4) is 0 Å². The van der Waals surface area contributed by atoms with E-state index in [9.17, 15) is 17.9 Å². The fourth-order valence-corrected chi connectivity index (χ4v) is 4.26. The van der Waals surface area contributed by atoms with Crippen LogP contribution in [0.2, 0.25) is 0 Å². The Bertz CT molecular complexity index is 1140. The number of benzene rings is 1. The second-order valence-corrected chi connectivity index (χ2v) is 8.60. The third kappa shape index (κ3) is 4.43.